The summed E-state index contributed by atoms with van der Waals surface area (Å²) in [6.45, 7) is 7.05. The van der Waals surface area contributed by atoms with Crippen LogP contribution in [0.5, 0.6) is 0 Å². The zero-order valence-corrected chi connectivity index (χ0v) is 11.9. The van der Waals surface area contributed by atoms with Crippen molar-refractivity contribution in [2.24, 2.45) is 5.92 Å². The first-order chi connectivity index (χ1) is 8.65. The summed E-state index contributed by atoms with van der Waals surface area (Å²) in [6, 6.07) is 5.09. The molecule has 0 radical (unpaired) electrons. The first-order valence-corrected chi connectivity index (χ1v) is 7.12. The molecule has 0 aliphatic carbocycles. The second kappa shape index (κ2) is 6.39. The molecule has 0 saturated carbocycles. The number of furan rings is 1. The topological polar surface area (TPSA) is 28.4 Å². The molecule has 1 aromatic rings. The fourth-order valence-corrected chi connectivity index (χ4v) is 2.90. The molecule has 18 heavy (non-hydrogen) atoms. The van der Waals surface area contributed by atoms with Gasteiger partial charge in [0.05, 0.1) is 6.26 Å². The van der Waals surface area contributed by atoms with E-state index in [9.17, 15) is 0 Å². The van der Waals surface area contributed by atoms with Gasteiger partial charge in [-0.15, -0.1) is 0 Å². The Morgan fingerprint density at radius 1 is 1.39 bits per heavy atom. The molecular weight excluding hydrogens is 224 g/mol. The van der Waals surface area contributed by atoms with Crippen LogP contribution in [0.15, 0.2) is 22.8 Å². The van der Waals surface area contributed by atoms with Crippen molar-refractivity contribution in [3.05, 3.63) is 24.2 Å². The second-order valence-corrected chi connectivity index (χ2v) is 5.78. The molecule has 1 fully saturated rings. The number of likely N-dealkylation sites (tertiary alicyclic amines) is 1. The third kappa shape index (κ3) is 3.85. The zero-order valence-electron chi connectivity index (χ0n) is 11.9. The van der Waals surface area contributed by atoms with Crippen molar-refractivity contribution in [1.82, 2.24) is 10.2 Å². The number of piperidine rings is 1. The van der Waals surface area contributed by atoms with Crippen LogP contribution in [-0.4, -0.2) is 37.1 Å². The minimum Gasteiger partial charge on any atom is -0.469 e. The molecule has 0 bridgehead atoms. The number of nitrogens with zero attached hydrogens (tertiary/aromatic N) is 1. The fourth-order valence-electron chi connectivity index (χ4n) is 2.90. The van der Waals surface area contributed by atoms with Crippen LogP contribution in [0.2, 0.25) is 0 Å². The smallest absolute Gasteiger partial charge is 0.105 e. The third-order valence-corrected chi connectivity index (χ3v) is 4.11. The van der Waals surface area contributed by atoms with Gasteiger partial charge in [-0.1, -0.05) is 0 Å². The maximum absolute atomic E-state index is 5.40. The van der Waals surface area contributed by atoms with E-state index in [-0.39, 0.29) is 0 Å². The second-order valence-electron chi connectivity index (χ2n) is 5.78. The predicted octanol–water partition coefficient (Wildman–Crippen LogP) is 2.53. The average molecular weight is 250 g/mol. The van der Waals surface area contributed by atoms with Crippen LogP contribution in [0.1, 0.15) is 32.4 Å². The van der Waals surface area contributed by atoms with Crippen molar-refractivity contribution in [2.45, 2.75) is 45.2 Å². The number of hydrogen-bond donors (Lipinski definition) is 1. The van der Waals surface area contributed by atoms with Crippen LogP contribution in [0.4, 0.5) is 0 Å². The molecule has 1 aliphatic rings. The summed E-state index contributed by atoms with van der Waals surface area (Å²) in [7, 11) is 2.22. The highest BCUT2D eigenvalue weighted by molar-refractivity contribution is 5.00. The number of rotatable bonds is 5. The lowest BCUT2D eigenvalue weighted by Crippen LogP contribution is -2.44. The molecule has 3 nitrogen and oxygen atoms in total. The van der Waals surface area contributed by atoms with Gasteiger partial charge >= 0.3 is 0 Å². The fraction of sp³-hybridized carbons (Fsp3) is 0.733. The first-order valence-electron chi connectivity index (χ1n) is 7.12. The van der Waals surface area contributed by atoms with Crippen molar-refractivity contribution < 1.29 is 4.42 Å². The Labute approximate surface area is 111 Å². The summed E-state index contributed by atoms with van der Waals surface area (Å²) in [4.78, 5) is 2.43. The quantitative estimate of drug-likeness (QED) is 0.870. The SMILES string of the molecule is CC(Cc1ccco1)NC(C)C1CCN(C)CC1. The normalized spacial score (nSPS) is 21.9. The highest BCUT2D eigenvalue weighted by Crippen LogP contribution is 2.20. The lowest BCUT2D eigenvalue weighted by molar-refractivity contribution is 0.184. The zero-order chi connectivity index (χ0) is 13.0. The highest BCUT2D eigenvalue weighted by Gasteiger charge is 2.23. The van der Waals surface area contributed by atoms with Gasteiger partial charge < -0.3 is 14.6 Å². The maximum atomic E-state index is 5.40. The molecule has 2 rings (SSSR count). The largest absolute Gasteiger partial charge is 0.469 e. The van der Waals surface area contributed by atoms with Gasteiger partial charge in [-0.3, -0.25) is 0 Å². The lowest BCUT2D eigenvalue weighted by Gasteiger charge is -2.34. The minimum absolute atomic E-state index is 0.478. The van der Waals surface area contributed by atoms with Crippen LogP contribution in [0, 0.1) is 5.92 Å². The van der Waals surface area contributed by atoms with Gasteiger partial charge in [-0.25, -0.2) is 0 Å². The van der Waals surface area contributed by atoms with E-state index < -0.39 is 0 Å². The molecule has 0 amide bonds. The molecule has 1 saturated heterocycles. The van der Waals surface area contributed by atoms with E-state index in [1.54, 1.807) is 6.26 Å². The monoisotopic (exact) mass is 250 g/mol. The number of nitrogens with one attached hydrogen (secondary N) is 1. The van der Waals surface area contributed by atoms with Crippen LogP contribution >= 0.6 is 0 Å². The van der Waals surface area contributed by atoms with E-state index in [0.717, 1.165) is 18.1 Å². The molecule has 3 heteroatoms. The van der Waals surface area contributed by atoms with Gasteiger partial charge in [0, 0.05) is 18.5 Å². The van der Waals surface area contributed by atoms with E-state index in [1.165, 1.54) is 25.9 Å². The van der Waals surface area contributed by atoms with E-state index in [0.29, 0.717) is 12.1 Å². The molecule has 2 atom stereocenters. The van der Waals surface area contributed by atoms with Gasteiger partial charge in [0.1, 0.15) is 5.76 Å². The average Bonchev–Trinajstić information content (AvgIpc) is 2.82. The van der Waals surface area contributed by atoms with Crippen molar-refractivity contribution in [1.29, 1.82) is 0 Å². The third-order valence-electron chi connectivity index (χ3n) is 4.11. The Bertz CT molecular complexity index is 328. The summed E-state index contributed by atoms with van der Waals surface area (Å²) in [5.74, 6) is 1.89. The van der Waals surface area contributed by atoms with E-state index in [4.69, 9.17) is 4.42 Å². The summed E-state index contributed by atoms with van der Waals surface area (Å²) in [5.41, 5.74) is 0. The molecule has 2 unspecified atom stereocenters. The van der Waals surface area contributed by atoms with Crippen molar-refractivity contribution in [3.63, 3.8) is 0 Å². The van der Waals surface area contributed by atoms with Gasteiger partial charge in [-0.2, -0.15) is 0 Å². The predicted molar refractivity (Wildman–Crippen MR) is 74.7 cm³/mol. The minimum atomic E-state index is 0.478. The first kappa shape index (κ1) is 13.6. The lowest BCUT2D eigenvalue weighted by atomic mass is 9.90. The Kier molecular flexibility index (Phi) is 4.84. The summed E-state index contributed by atoms with van der Waals surface area (Å²) >= 11 is 0. The molecule has 0 aromatic carbocycles. The van der Waals surface area contributed by atoms with E-state index in [1.807, 2.05) is 6.07 Å². The summed E-state index contributed by atoms with van der Waals surface area (Å²) < 4.78 is 5.40. The van der Waals surface area contributed by atoms with Crippen LogP contribution in [0.25, 0.3) is 0 Å². The van der Waals surface area contributed by atoms with Gasteiger partial charge in [0.15, 0.2) is 0 Å². The molecule has 1 N–H and O–H groups in total. The van der Waals surface area contributed by atoms with Gasteiger partial charge in [0.25, 0.3) is 0 Å². The Balaban J connectivity index is 1.74. The molecule has 0 spiro atoms. The van der Waals surface area contributed by atoms with Crippen LogP contribution < -0.4 is 5.32 Å². The van der Waals surface area contributed by atoms with Crippen molar-refractivity contribution in [3.8, 4) is 0 Å². The van der Waals surface area contributed by atoms with Crippen molar-refractivity contribution in [2.75, 3.05) is 20.1 Å². The molecule has 1 aromatic heterocycles. The molecular formula is C15H26N2O. The summed E-state index contributed by atoms with van der Waals surface area (Å²) in [5, 5.41) is 3.72. The standard InChI is InChI=1S/C15H26N2O/c1-12(11-15-5-4-10-18-15)16-13(2)14-6-8-17(3)9-7-14/h4-5,10,12-14,16H,6-9,11H2,1-3H3. The molecule has 2 heterocycles. The Morgan fingerprint density at radius 2 is 2.11 bits per heavy atom. The Hall–Kier alpha value is -0.800. The summed E-state index contributed by atoms with van der Waals surface area (Å²) in [6.07, 6.45) is 5.36. The van der Waals surface area contributed by atoms with E-state index >= 15 is 0 Å². The molecule has 1 aliphatic heterocycles. The van der Waals surface area contributed by atoms with Gasteiger partial charge in [-0.05, 0) is 64.9 Å². The van der Waals surface area contributed by atoms with Crippen LogP contribution in [0.3, 0.4) is 0 Å². The van der Waals surface area contributed by atoms with Gasteiger partial charge in [0.2, 0.25) is 0 Å². The Morgan fingerprint density at radius 3 is 2.72 bits per heavy atom. The molecule has 102 valence electrons. The van der Waals surface area contributed by atoms with Crippen LogP contribution in [-0.2, 0) is 6.42 Å². The highest BCUT2D eigenvalue weighted by atomic mass is 16.3. The van der Waals surface area contributed by atoms with Crippen molar-refractivity contribution >= 4 is 0 Å². The number of hydrogen-bond acceptors (Lipinski definition) is 3. The van der Waals surface area contributed by atoms with E-state index in [2.05, 4.69) is 37.2 Å². The maximum Gasteiger partial charge on any atom is 0.105 e.